The third-order valence-electron chi connectivity index (χ3n) is 8.96. The van der Waals surface area contributed by atoms with E-state index in [2.05, 4.69) is 26.3 Å². The highest BCUT2D eigenvalue weighted by Gasteiger charge is 2.39. The summed E-state index contributed by atoms with van der Waals surface area (Å²) in [6, 6.07) is 8.93. The molecule has 3 aliphatic rings. The van der Waals surface area contributed by atoms with Crippen LogP contribution in [0.5, 0.6) is 5.75 Å². The van der Waals surface area contributed by atoms with Crippen molar-refractivity contribution in [1.82, 2.24) is 31.2 Å². The van der Waals surface area contributed by atoms with Crippen LogP contribution in [0.2, 0.25) is 5.02 Å². The van der Waals surface area contributed by atoms with Gasteiger partial charge in [-0.05, 0) is 80.5 Å². The Labute approximate surface area is 284 Å². The minimum atomic E-state index is -0.984. The number of nitrogens with zero attached hydrogens (tertiary/aromatic N) is 1. The van der Waals surface area contributed by atoms with E-state index in [1.54, 1.807) is 31.2 Å². The van der Waals surface area contributed by atoms with E-state index in [1.165, 1.54) is 4.90 Å². The summed E-state index contributed by atoms with van der Waals surface area (Å²) < 4.78 is 5.68. The van der Waals surface area contributed by atoms with E-state index >= 15 is 0 Å². The smallest absolute Gasteiger partial charge is 0.258 e. The maximum Gasteiger partial charge on any atom is 0.258 e. The van der Waals surface area contributed by atoms with Gasteiger partial charge >= 0.3 is 0 Å². The second-order valence-corrected chi connectivity index (χ2v) is 13.3. The van der Waals surface area contributed by atoms with Crippen LogP contribution in [0.3, 0.4) is 0 Å². The van der Waals surface area contributed by atoms with Gasteiger partial charge in [0.25, 0.3) is 5.91 Å². The number of carbonyl (C=O) groups is 5. The molecule has 12 nitrogen and oxygen atoms in total. The van der Waals surface area contributed by atoms with Crippen molar-refractivity contribution in [2.24, 2.45) is 5.92 Å². The van der Waals surface area contributed by atoms with Gasteiger partial charge in [0.1, 0.15) is 29.9 Å². The molecule has 2 aromatic carbocycles. The number of aromatic nitrogens is 1. The molecule has 4 atom stereocenters. The number of carbonyl (C=O) groups excluding carboxylic acids is 5. The molecule has 0 unspecified atom stereocenters. The van der Waals surface area contributed by atoms with Gasteiger partial charge in [0.15, 0.2) is 6.61 Å². The molecule has 0 aliphatic carbocycles. The van der Waals surface area contributed by atoms with Crippen LogP contribution in [0, 0.1) is 12.8 Å². The van der Waals surface area contributed by atoms with Crippen LogP contribution in [0.15, 0.2) is 42.5 Å². The quantitative estimate of drug-likeness (QED) is 0.279. The van der Waals surface area contributed by atoms with E-state index in [1.807, 2.05) is 39.0 Å². The summed E-state index contributed by atoms with van der Waals surface area (Å²) >= 11 is 6.23. The molecule has 3 aliphatic heterocycles. The third-order valence-corrected chi connectivity index (χ3v) is 9.20. The average Bonchev–Trinajstić information content (AvgIpc) is 3.66. The second kappa shape index (κ2) is 15.1. The first-order chi connectivity index (χ1) is 22.9. The van der Waals surface area contributed by atoms with Crippen LogP contribution < -0.4 is 26.0 Å². The minimum absolute atomic E-state index is 0.168. The van der Waals surface area contributed by atoms with Crippen LogP contribution >= 0.6 is 11.6 Å². The predicted molar refractivity (Wildman–Crippen MR) is 181 cm³/mol. The maximum absolute atomic E-state index is 13.6. The maximum atomic E-state index is 13.6. The number of aromatic amines is 1. The molecular formula is C35H43ClN6O6. The Bertz CT molecular complexity index is 1690. The summed E-state index contributed by atoms with van der Waals surface area (Å²) in [6.07, 6.45) is 1.74. The first-order valence-corrected chi connectivity index (χ1v) is 16.8. The molecule has 13 heteroatoms. The van der Waals surface area contributed by atoms with E-state index in [-0.39, 0.29) is 30.8 Å². The molecule has 6 rings (SSSR count). The topological polar surface area (TPSA) is 162 Å². The highest BCUT2D eigenvalue weighted by Crippen LogP contribution is 2.26. The largest absolute Gasteiger partial charge is 0.484 e. The number of nitrogens with one attached hydrogen (secondary N) is 5. The molecule has 2 bridgehead atoms. The number of H-pyrrole nitrogens is 1. The second-order valence-electron chi connectivity index (χ2n) is 12.9. The zero-order valence-electron chi connectivity index (χ0n) is 27.7. The van der Waals surface area contributed by atoms with Crippen molar-refractivity contribution < 1.29 is 28.7 Å². The molecule has 4 heterocycles. The molecule has 0 saturated carbocycles. The normalized spacial score (nSPS) is 22.7. The van der Waals surface area contributed by atoms with Crippen LogP contribution in [0.4, 0.5) is 0 Å². The highest BCUT2D eigenvalue weighted by atomic mass is 35.5. The van der Waals surface area contributed by atoms with Gasteiger partial charge in [-0.2, -0.15) is 0 Å². The molecule has 5 N–H and O–H groups in total. The number of halogens is 1. The third kappa shape index (κ3) is 8.10. The standard InChI is InChI=1S/C35H43ClN6O6/c1-19(2)31-35(47)42-15-5-6-29(42)34(46)39-21(4)32(44)40-28(16-22-7-10-24(11-8-22)48-18-30(43)41-31)33(45)37-14-13-25-20(3)38-27-12-9-23(36)17-26(25)27/h7-12,17,19,21,28-29,31,38H,5-6,13-16,18H2,1-4H3,(H,37,45)(H,39,46)(H,40,44)(H,41,43)/t21-,28-,29+,31-/m0/s1. The number of benzene rings is 2. The molecule has 5 amide bonds. The van der Waals surface area contributed by atoms with Gasteiger partial charge in [-0.15, -0.1) is 0 Å². The molecule has 3 aromatic rings. The Morgan fingerprint density at radius 2 is 1.79 bits per heavy atom. The summed E-state index contributed by atoms with van der Waals surface area (Å²) in [5.41, 5.74) is 3.72. The summed E-state index contributed by atoms with van der Waals surface area (Å²) in [5.74, 6) is -2.02. The van der Waals surface area contributed by atoms with Crippen LogP contribution in [0.25, 0.3) is 10.9 Å². The number of ether oxygens (including phenoxy) is 1. The Kier molecular flexibility index (Phi) is 10.9. The van der Waals surface area contributed by atoms with E-state index in [4.69, 9.17) is 16.3 Å². The van der Waals surface area contributed by atoms with Crippen molar-refractivity contribution in [2.75, 3.05) is 19.7 Å². The van der Waals surface area contributed by atoms with E-state index in [0.29, 0.717) is 43.1 Å². The van der Waals surface area contributed by atoms with E-state index in [9.17, 15) is 24.0 Å². The lowest BCUT2D eigenvalue weighted by molar-refractivity contribution is -0.143. The SMILES string of the molecule is Cc1[nH]c2ccc(Cl)cc2c1CCNC(=O)[C@@H]1Cc2ccc(cc2)OCC(=O)N[C@@H](C(C)C)C(=O)N2CCC[C@@H]2C(=O)N[C@@H](C)C(=O)N1. The molecular weight excluding hydrogens is 636 g/mol. The van der Waals surface area contributed by atoms with Crippen LogP contribution in [-0.2, 0) is 36.8 Å². The fraction of sp³-hybridized carbons (Fsp3) is 0.457. The Balaban J connectivity index is 1.34. The first-order valence-electron chi connectivity index (χ1n) is 16.4. The number of aryl methyl sites for hydroxylation is 1. The first kappa shape index (κ1) is 34.7. The predicted octanol–water partition coefficient (Wildman–Crippen LogP) is 2.54. The van der Waals surface area contributed by atoms with Crippen molar-refractivity contribution in [3.05, 3.63) is 64.3 Å². The monoisotopic (exact) mass is 678 g/mol. The molecule has 48 heavy (non-hydrogen) atoms. The van der Waals surface area contributed by atoms with E-state index < -0.39 is 41.9 Å². The number of hydrogen-bond donors (Lipinski definition) is 5. The lowest BCUT2D eigenvalue weighted by Gasteiger charge is -2.31. The van der Waals surface area contributed by atoms with Crippen molar-refractivity contribution >= 4 is 52.0 Å². The minimum Gasteiger partial charge on any atom is -0.484 e. The van der Waals surface area contributed by atoms with Crippen LogP contribution in [0.1, 0.15) is 50.4 Å². The number of fused-ring (bicyclic) bond motifs is 14. The molecule has 1 saturated heterocycles. The zero-order valence-corrected chi connectivity index (χ0v) is 28.4. The van der Waals surface area contributed by atoms with Gasteiger partial charge in [-0.1, -0.05) is 37.6 Å². The van der Waals surface area contributed by atoms with Crippen molar-refractivity contribution in [3.63, 3.8) is 0 Å². The summed E-state index contributed by atoms with van der Waals surface area (Å²) in [5, 5.41) is 12.9. The van der Waals surface area contributed by atoms with Gasteiger partial charge in [0.2, 0.25) is 23.6 Å². The lowest BCUT2D eigenvalue weighted by atomic mass is 10.0. The summed E-state index contributed by atoms with van der Waals surface area (Å²) in [4.78, 5) is 71.6. The molecule has 256 valence electrons. The summed E-state index contributed by atoms with van der Waals surface area (Å²) in [6.45, 7) is 7.52. The van der Waals surface area contributed by atoms with Gasteiger partial charge < -0.3 is 35.9 Å². The molecule has 0 spiro atoms. The van der Waals surface area contributed by atoms with E-state index in [0.717, 1.165) is 27.7 Å². The van der Waals surface area contributed by atoms with Gasteiger partial charge in [-0.3, -0.25) is 24.0 Å². The molecule has 1 aromatic heterocycles. The van der Waals surface area contributed by atoms with Gasteiger partial charge in [-0.25, -0.2) is 0 Å². The highest BCUT2D eigenvalue weighted by molar-refractivity contribution is 6.31. The van der Waals surface area contributed by atoms with Gasteiger partial charge in [0.05, 0.1) is 0 Å². The Hall–Kier alpha value is -4.58. The number of rotatable bonds is 5. The fourth-order valence-electron chi connectivity index (χ4n) is 6.31. The number of amides is 5. The summed E-state index contributed by atoms with van der Waals surface area (Å²) in [7, 11) is 0. The average molecular weight is 679 g/mol. The van der Waals surface area contributed by atoms with Crippen molar-refractivity contribution in [2.45, 2.75) is 77.5 Å². The lowest BCUT2D eigenvalue weighted by Crippen LogP contribution is -2.58. The van der Waals surface area contributed by atoms with Crippen LogP contribution in [-0.4, -0.2) is 83.3 Å². The number of hydrogen-bond acceptors (Lipinski definition) is 6. The molecule has 1 fully saturated rings. The Morgan fingerprint density at radius 3 is 2.52 bits per heavy atom. The van der Waals surface area contributed by atoms with Crippen molar-refractivity contribution in [3.8, 4) is 5.75 Å². The molecule has 0 radical (unpaired) electrons. The van der Waals surface area contributed by atoms with Crippen molar-refractivity contribution in [1.29, 1.82) is 0 Å². The zero-order chi connectivity index (χ0) is 34.5. The Morgan fingerprint density at radius 1 is 1.04 bits per heavy atom. The van der Waals surface area contributed by atoms with Gasteiger partial charge in [0, 0.05) is 41.1 Å². The fourth-order valence-corrected chi connectivity index (χ4v) is 6.48.